The topological polar surface area (TPSA) is 66.8 Å². The van der Waals surface area contributed by atoms with Gasteiger partial charge in [-0.25, -0.2) is 13.5 Å². The molecule has 0 fully saturated rings. The Hall–Kier alpha value is -2.05. The van der Waals surface area contributed by atoms with E-state index in [1.165, 1.54) is 19.2 Å². The molecule has 0 bridgehead atoms. The van der Waals surface area contributed by atoms with Gasteiger partial charge in [-0.2, -0.15) is 0 Å². The molecule has 0 aliphatic rings. The molecule has 2 rings (SSSR count). The second-order valence-electron chi connectivity index (χ2n) is 5.11. The zero-order chi connectivity index (χ0) is 16.3. The number of sulfone groups is 1. The lowest BCUT2D eigenvalue weighted by molar-refractivity contribution is 0.270. The Morgan fingerprint density at radius 2 is 1.73 bits per heavy atom. The van der Waals surface area contributed by atoms with Crippen LogP contribution >= 0.6 is 0 Å². The number of hydrogen-bond acceptors (Lipinski definition) is 5. The molecule has 2 aromatic carbocycles. The van der Waals surface area contributed by atoms with E-state index in [4.69, 9.17) is 4.74 Å². The van der Waals surface area contributed by atoms with Crippen molar-refractivity contribution in [3.8, 4) is 5.75 Å². The van der Waals surface area contributed by atoms with Crippen molar-refractivity contribution in [3.05, 3.63) is 53.6 Å². The first-order valence-electron chi connectivity index (χ1n) is 6.74. The molecule has 0 spiro atoms. The molecule has 0 atom stereocenters. The van der Waals surface area contributed by atoms with Crippen LogP contribution in [0.1, 0.15) is 11.1 Å². The molecule has 0 aromatic heterocycles. The van der Waals surface area contributed by atoms with Crippen molar-refractivity contribution in [1.82, 2.24) is 0 Å². The van der Waals surface area contributed by atoms with Gasteiger partial charge in [0.1, 0.15) is 5.75 Å². The van der Waals surface area contributed by atoms with Crippen molar-refractivity contribution < 1.29 is 18.4 Å². The van der Waals surface area contributed by atoms with E-state index in [2.05, 4.69) is 0 Å². The summed E-state index contributed by atoms with van der Waals surface area (Å²) < 4.78 is 29.7. The van der Waals surface area contributed by atoms with Crippen molar-refractivity contribution in [3.63, 3.8) is 0 Å². The Bertz CT molecular complexity index is 754. The zero-order valence-electron chi connectivity index (χ0n) is 12.8. The number of rotatable bonds is 5. The van der Waals surface area contributed by atoms with Gasteiger partial charge >= 0.3 is 0 Å². The average molecular weight is 321 g/mol. The number of anilines is 1. The molecule has 0 saturated carbocycles. The molecular weight excluding hydrogens is 302 g/mol. The number of hydroxylamine groups is 1. The van der Waals surface area contributed by atoms with Gasteiger partial charge in [0.25, 0.3) is 0 Å². The van der Waals surface area contributed by atoms with Gasteiger partial charge in [0.05, 0.1) is 17.7 Å². The maximum atomic E-state index is 12.4. The lowest BCUT2D eigenvalue weighted by Gasteiger charge is -2.19. The van der Waals surface area contributed by atoms with Crippen LogP contribution in [0.4, 0.5) is 5.69 Å². The summed E-state index contributed by atoms with van der Waals surface area (Å²) in [6, 6.07) is 11.5. The second kappa shape index (κ2) is 6.37. The molecule has 1 N–H and O–H groups in total. The molecule has 0 aliphatic heterocycles. The third-order valence-corrected chi connectivity index (χ3v) is 4.92. The fourth-order valence-electron chi connectivity index (χ4n) is 2.18. The lowest BCUT2D eigenvalue weighted by atomic mass is 10.1. The Morgan fingerprint density at radius 3 is 2.27 bits per heavy atom. The average Bonchev–Trinajstić information content (AvgIpc) is 2.46. The van der Waals surface area contributed by atoms with E-state index in [-0.39, 0.29) is 4.90 Å². The summed E-state index contributed by atoms with van der Waals surface area (Å²) in [6.45, 7) is 3.76. The summed E-state index contributed by atoms with van der Waals surface area (Å²) in [7, 11) is -2.13. The molecule has 0 unspecified atom stereocenters. The van der Waals surface area contributed by atoms with E-state index in [1.54, 1.807) is 18.2 Å². The summed E-state index contributed by atoms with van der Waals surface area (Å²) in [5.74, 6) is 0.0673. The normalized spacial score (nSPS) is 11.3. The lowest BCUT2D eigenvalue weighted by Crippen LogP contribution is -2.27. The van der Waals surface area contributed by atoms with Crippen LogP contribution in [-0.2, 0) is 9.84 Å². The van der Waals surface area contributed by atoms with E-state index in [9.17, 15) is 13.6 Å². The highest BCUT2D eigenvalue weighted by Crippen LogP contribution is 2.23. The van der Waals surface area contributed by atoms with Crippen LogP contribution in [0, 0.1) is 13.8 Å². The molecule has 118 valence electrons. The van der Waals surface area contributed by atoms with Crippen LogP contribution in [0.25, 0.3) is 0 Å². The number of hydrogen-bond donors (Lipinski definition) is 1. The van der Waals surface area contributed by atoms with Crippen LogP contribution in [-0.4, -0.2) is 26.6 Å². The number of methoxy groups -OCH3 is 1. The van der Waals surface area contributed by atoms with Gasteiger partial charge in [-0.3, -0.25) is 5.21 Å². The van der Waals surface area contributed by atoms with E-state index < -0.39 is 15.7 Å². The van der Waals surface area contributed by atoms with Crippen molar-refractivity contribution in [1.29, 1.82) is 0 Å². The molecule has 5 nitrogen and oxygen atoms in total. The van der Waals surface area contributed by atoms with Crippen molar-refractivity contribution >= 4 is 15.5 Å². The van der Waals surface area contributed by atoms with Gasteiger partial charge < -0.3 is 4.74 Å². The Balaban J connectivity index is 2.23. The minimum absolute atomic E-state index is 0.136. The highest BCUT2D eigenvalue weighted by atomic mass is 32.2. The molecule has 0 aliphatic carbocycles. The van der Waals surface area contributed by atoms with Gasteiger partial charge in [0.2, 0.25) is 0 Å². The minimum atomic E-state index is -3.64. The minimum Gasteiger partial charge on any atom is -0.497 e. The first-order chi connectivity index (χ1) is 10.3. The summed E-state index contributed by atoms with van der Waals surface area (Å²) in [4.78, 5) is 0.136. The van der Waals surface area contributed by atoms with E-state index in [0.717, 1.165) is 16.2 Å². The quantitative estimate of drug-likeness (QED) is 0.858. The third kappa shape index (κ3) is 3.58. The fourth-order valence-corrected chi connectivity index (χ4v) is 3.34. The van der Waals surface area contributed by atoms with Gasteiger partial charge in [-0.1, -0.05) is 17.7 Å². The summed E-state index contributed by atoms with van der Waals surface area (Å²) >= 11 is 0. The number of nitrogens with zero attached hydrogens (tertiary/aromatic N) is 1. The zero-order valence-corrected chi connectivity index (χ0v) is 13.6. The molecular formula is C16H19NO4S. The van der Waals surface area contributed by atoms with Crippen LogP contribution < -0.4 is 9.80 Å². The van der Waals surface area contributed by atoms with Crippen LogP contribution in [0.5, 0.6) is 5.75 Å². The van der Waals surface area contributed by atoms with Crippen molar-refractivity contribution in [2.45, 2.75) is 18.7 Å². The van der Waals surface area contributed by atoms with Crippen LogP contribution in [0.3, 0.4) is 0 Å². The summed E-state index contributed by atoms with van der Waals surface area (Å²) in [5, 5.41) is 10.9. The number of benzene rings is 2. The van der Waals surface area contributed by atoms with Crippen molar-refractivity contribution in [2.24, 2.45) is 0 Å². The Kier molecular flexibility index (Phi) is 4.73. The van der Waals surface area contributed by atoms with E-state index in [1.807, 2.05) is 26.0 Å². The summed E-state index contributed by atoms with van der Waals surface area (Å²) in [5.41, 5.74) is 2.34. The first-order valence-corrected chi connectivity index (χ1v) is 8.39. The highest BCUT2D eigenvalue weighted by molar-refractivity contribution is 7.91. The van der Waals surface area contributed by atoms with E-state index in [0.29, 0.717) is 11.4 Å². The predicted molar refractivity (Wildman–Crippen MR) is 85.2 cm³/mol. The standard InChI is InChI=1S/C16H19NO4S/c1-12-4-9-16(13(2)10-12)17(18)11-22(19,20)15-7-5-14(21-3)6-8-15/h4-10,18H,11H2,1-3H3. The van der Waals surface area contributed by atoms with Gasteiger partial charge in [0, 0.05) is 0 Å². The number of ether oxygens (including phenoxy) is 1. The highest BCUT2D eigenvalue weighted by Gasteiger charge is 2.20. The summed E-state index contributed by atoms with van der Waals surface area (Å²) in [6.07, 6.45) is 0. The predicted octanol–water partition coefficient (Wildman–Crippen LogP) is 2.94. The van der Waals surface area contributed by atoms with Gasteiger partial charge in [-0.15, -0.1) is 0 Å². The molecule has 6 heteroatoms. The van der Waals surface area contributed by atoms with E-state index >= 15 is 0 Å². The fraction of sp³-hybridized carbons (Fsp3) is 0.250. The Labute approximate surface area is 130 Å². The molecule has 0 heterocycles. The van der Waals surface area contributed by atoms with Crippen LogP contribution in [0.15, 0.2) is 47.4 Å². The molecule has 22 heavy (non-hydrogen) atoms. The monoisotopic (exact) mass is 321 g/mol. The van der Waals surface area contributed by atoms with Crippen molar-refractivity contribution in [2.75, 3.05) is 18.0 Å². The molecule has 0 saturated heterocycles. The number of aryl methyl sites for hydroxylation is 2. The largest absolute Gasteiger partial charge is 0.497 e. The second-order valence-corrected chi connectivity index (χ2v) is 7.07. The third-order valence-electron chi connectivity index (χ3n) is 3.34. The van der Waals surface area contributed by atoms with Crippen LogP contribution in [0.2, 0.25) is 0 Å². The molecule has 0 amide bonds. The Morgan fingerprint density at radius 1 is 1.09 bits per heavy atom. The maximum absolute atomic E-state index is 12.4. The van der Waals surface area contributed by atoms with Gasteiger partial charge in [-0.05, 0) is 49.7 Å². The molecule has 2 aromatic rings. The van der Waals surface area contributed by atoms with Gasteiger partial charge in [0.15, 0.2) is 15.7 Å². The smallest absolute Gasteiger partial charge is 0.198 e. The molecule has 0 radical (unpaired) electrons. The SMILES string of the molecule is COc1ccc(S(=O)(=O)CN(O)c2ccc(C)cc2C)cc1. The first kappa shape index (κ1) is 16.3. The maximum Gasteiger partial charge on any atom is 0.198 e.